The molecular formula is C26H39ClN4. The van der Waals surface area contributed by atoms with Crippen LogP contribution < -0.4 is 5.43 Å². The number of hydrogen-bond donors (Lipinski definition) is 1. The topological polar surface area (TPSA) is 49.1 Å². The molecule has 1 unspecified atom stereocenters. The van der Waals surface area contributed by atoms with E-state index in [4.69, 9.17) is 11.6 Å². The van der Waals surface area contributed by atoms with Gasteiger partial charge in [0.2, 0.25) is 0 Å². The Hall–Kier alpha value is -2.20. The van der Waals surface area contributed by atoms with Crippen LogP contribution in [0.5, 0.6) is 0 Å². The second-order valence-corrected chi connectivity index (χ2v) is 10.9. The summed E-state index contributed by atoms with van der Waals surface area (Å²) in [6, 6.07) is 20.5. The molecule has 0 fully saturated rings. The Morgan fingerprint density at radius 3 is 1.71 bits per heavy atom. The summed E-state index contributed by atoms with van der Waals surface area (Å²) in [5.74, 6) is 0. The molecule has 4 nitrogen and oxygen atoms in total. The minimum atomic E-state index is -0.658. The fourth-order valence-electron chi connectivity index (χ4n) is 2.45. The Labute approximate surface area is 194 Å². The molecule has 0 spiro atoms. The van der Waals surface area contributed by atoms with E-state index in [0.29, 0.717) is 6.42 Å². The molecule has 0 bridgehead atoms. The highest BCUT2D eigenvalue weighted by Gasteiger charge is 2.21. The molecule has 1 atom stereocenters. The van der Waals surface area contributed by atoms with Crippen molar-refractivity contribution in [2.24, 2.45) is 15.3 Å². The van der Waals surface area contributed by atoms with Gasteiger partial charge in [0.05, 0.1) is 5.54 Å². The van der Waals surface area contributed by atoms with Crippen LogP contribution in [-0.4, -0.2) is 21.8 Å². The number of nitrogens with one attached hydrogen (secondary N) is 1. The van der Waals surface area contributed by atoms with Gasteiger partial charge in [-0.25, -0.2) is 0 Å². The average Bonchev–Trinajstić information content (AvgIpc) is 2.66. The summed E-state index contributed by atoms with van der Waals surface area (Å²) in [5, 5.41) is 12.8. The number of hydrazone groups is 1. The van der Waals surface area contributed by atoms with Crippen LogP contribution in [-0.2, 0) is 12.8 Å². The van der Waals surface area contributed by atoms with Gasteiger partial charge in [0.15, 0.2) is 5.00 Å². The van der Waals surface area contributed by atoms with Crippen LogP contribution in [0.2, 0.25) is 0 Å². The monoisotopic (exact) mass is 442 g/mol. The quantitative estimate of drug-likeness (QED) is 0.163. The van der Waals surface area contributed by atoms with Crippen molar-refractivity contribution < 1.29 is 0 Å². The molecule has 0 heterocycles. The van der Waals surface area contributed by atoms with Crippen molar-refractivity contribution in [1.29, 1.82) is 0 Å². The Morgan fingerprint density at radius 1 is 0.774 bits per heavy atom. The van der Waals surface area contributed by atoms with E-state index >= 15 is 0 Å². The minimum absolute atomic E-state index is 0.0396. The van der Waals surface area contributed by atoms with Gasteiger partial charge in [0.1, 0.15) is 0 Å². The third-order valence-corrected chi connectivity index (χ3v) is 4.02. The summed E-state index contributed by atoms with van der Waals surface area (Å²) in [5.41, 5.74) is 6.58. The van der Waals surface area contributed by atoms with Gasteiger partial charge < -0.3 is 5.43 Å². The van der Waals surface area contributed by atoms with Gasteiger partial charge in [-0.1, -0.05) is 72.3 Å². The number of benzene rings is 2. The SMILES string of the molecule is C/C(Cc1ccccc1)=N\NC(C)(C)C.CC(C)(C)/N=N/C(C)(Cl)Cc1ccccc1. The van der Waals surface area contributed by atoms with Crippen molar-refractivity contribution in [1.82, 2.24) is 5.43 Å². The van der Waals surface area contributed by atoms with Gasteiger partial charge >= 0.3 is 0 Å². The van der Waals surface area contributed by atoms with Gasteiger partial charge in [0.25, 0.3) is 0 Å². The molecular weight excluding hydrogens is 404 g/mol. The first-order valence-corrected chi connectivity index (χ1v) is 11.1. The maximum atomic E-state index is 6.32. The first kappa shape index (κ1) is 26.8. The van der Waals surface area contributed by atoms with Crippen LogP contribution in [0.4, 0.5) is 0 Å². The highest BCUT2D eigenvalue weighted by atomic mass is 35.5. The number of hydrogen-bond acceptors (Lipinski definition) is 4. The van der Waals surface area contributed by atoms with Crippen LogP contribution >= 0.6 is 11.6 Å². The summed E-state index contributed by atoms with van der Waals surface area (Å²) < 4.78 is 0. The summed E-state index contributed by atoms with van der Waals surface area (Å²) in [6.07, 6.45) is 1.60. The lowest BCUT2D eigenvalue weighted by atomic mass is 10.1. The van der Waals surface area contributed by atoms with Crippen molar-refractivity contribution >= 4 is 17.3 Å². The van der Waals surface area contributed by atoms with Crippen LogP contribution in [0.25, 0.3) is 0 Å². The maximum Gasteiger partial charge on any atom is 0.155 e. The highest BCUT2D eigenvalue weighted by Crippen LogP contribution is 2.24. The molecule has 0 aliphatic rings. The molecule has 1 N–H and O–H groups in total. The lowest BCUT2D eigenvalue weighted by Gasteiger charge is -2.18. The van der Waals surface area contributed by atoms with E-state index in [2.05, 4.69) is 65.8 Å². The number of rotatable bonds is 6. The number of nitrogens with zero attached hydrogens (tertiary/aromatic N) is 3. The third-order valence-electron chi connectivity index (χ3n) is 3.81. The predicted molar refractivity (Wildman–Crippen MR) is 135 cm³/mol. The lowest BCUT2D eigenvalue weighted by molar-refractivity contribution is 0.440. The van der Waals surface area contributed by atoms with Crippen LogP contribution in [0.15, 0.2) is 76.0 Å². The smallest absolute Gasteiger partial charge is 0.155 e. The zero-order valence-electron chi connectivity index (χ0n) is 20.4. The predicted octanol–water partition coefficient (Wildman–Crippen LogP) is 7.43. The molecule has 5 heteroatoms. The van der Waals surface area contributed by atoms with E-state index in [9.17, 15) is 0 Å². The van der Waals surface area contributed by atoms with E-state index < -0.39 is 5.00 Å². The second kappa shape index (κ2) is 12.0. The Kier molecular flexibility index (Phi) is 10.4. The number of alkyl halides is 1. The molecule has 2 aromatic carbocycles. The fraction of sp³-hybridized carbons (Fsp3) is 0.500. The van der Waals surface area contributed by atoms with Crippen molar-refractivity contribution in [3.05, 3.63) is 71.8 Å². The number of halogens is 1. The van der Waals surface area contributed by atoms with Gasteiger partial charge in [-0.05, 0) is 66.5 Å². The second-order valence-electron chi connectivity index (χ2n) is 10.0. The van der Waals surface area contributed by atoms with Gasteiger partial charge in [-0.15, -0.1) is 0 Å². The highest BCUT2D eigenvalue weighted by molar-refractivity contribution is 6.23. The van der Waals surface area contributed by atoms with E-state index in [0.717, 1.165) is 12.1 Å². The first-order chi connectivity index (χ1) is 14.3. The molecule has 0 aliphatic carbocycles. The van der Waals surface area contributed by atoms with Crippen LogP contribution in [0.1, 0.15) is 66.5 Å². The minimum Gasteiger partial charge on any atom is -0.305 e. The molecule has 0 aromatic heterocycles. The third kappa shape index (κ3) is 14.4. The average molecular weight is 443 g/mol. The molecule has 31 heavy (non-hydrogen) atoms. The Bertz CT molecular complexity index is 814. The fourth-order valence-corrected chi connectivity index (χ4v) is 2.64. The zero-order valence-corrected chi connectivity index (χ0v) is 21.2. The largest absolute Gasteiger partial charge is 0.305 e. The molecule has 2 rings (SSSR count). The van der Waals surface area contributed by atoms with Crippen LogP contribution in [0.3, 0.4) is 0 Å². The zero-order chi connectivity index (χ0) is 23.5. The van der Waals surface area contributed by atoms with E-state index in [-0.39, 0.29) is 11.1 Å². The standard InChI is InChI=1S/C13H19ClN2.C13H20N2/c1-12(2,3)15-16-13(4,14)10-11-8-6-5-7-9-11;1-11(14-15-13(2,3)4)10-12-8-6-5-7-9-12/h5-9H,10H2,1-4H3;5-9,15H,10H2,1-4H3/b16-15+;14-11+. The molecule has 170 valence electrons. The lowest BCUT2D eigenvalue weighted by Crippen LogP contribution is -2.32. The van der Waals surface area contributed by atoms with Gasteiger partial charge in [-0.2, -0.15) is 15.3 Å². The van der Waals surface area contributed by atoms with Crippen molar-refractivity contribution in [3.8, 4) is 0 Å². The van der Waals surface area contributed by atoms with Crippen molar-refractivity contribution in [2.45, 2.75) is 84.3 Å². The molecule has 0 saturated carbocycles. The van der Waals surface area contributed by atoms with E-state index in [1.165, 1.54) is 11.1 Å². The van der Waals surface area contributed by atoms with E-state index in [1.807, 2.05) is 71.0 Å². The van der Waals surface area contributed by atoms with Crippen molar-refractivity contribution in [2.75, 3.05) is 0 Å². The van der Waals surface area contributed by atoms with Crippen molar-refractivity contribution in [3.63, 3.8) is 0 Å². The summed E-state index contributed by atoms with van der Waals surface area (Å²) in [7, 11) is 0. The van der Waals surface area contributed by atoms with E-state index in [1.54, 1.807) is 0 Å². The molecule has 2 aromatic rings. The molecule has 0 aliphatic heterocycles. The first-order valence-electron chi connectivity index (χ1n) is 10.8. The molecule has 0 amide bonds. The Morgan fingerprint density at radius 2 is 1.26 bits per heavy atom. The molecule has 0 radical (unpaired) electrons. The summed E-state index contributed by atoms with van der Waals surface area (Å²) in [4.78, 5) is -0.658. The molecule has 0 saturated heterocycles. The normalized spacial score (nSPS) is 14.5. The van der Waals surface area contributed by atoms with Gasteiger partial charge in [0, 0.05) is 24.1 Å². The number of azo groups is 1. The Balaban J connectivity index is 0.000000311. The summed E-state index contributed by atoms with van der Waals surface area (Å²) in [6.45, 7) is 16.3. The summed E-state index contributed by atoms with van der Waals surface area (Å²) >= 11 is 6.32. The van der Waals surface area contributed by atoms with Crippen LogP contribution in [0, 0.1) is 0 Å². The van der Waals surface area contributed by atoms with Gasteiger partial charge in [-0.3, -0.25) is 0 Å². The maximum absolute atomic E-state index is 6.32.